The molecule has 1 aromatic carbocycles. The van der Waals surface area contributed by atoms with Gasteiger partial charge in [-0.1, -0.05) is 23.5 Å². The van der Waals surface area contributed by atoms with Crippen molar-refractivity contribution < 1.29 is 9.90 Å². The first-order valence-corrected chi connectivity index (χ1v) is 10.5. The Morgan fingerprint density at radius 3 is 2.41 bits per heavy atom. The lowest BCUT2D eigenvalue weighted by atomic mass is 9.97. The molecule has 8 heteroatoms. The molecule has 3 aromatic rings. The zero-order valence-electron chi connectivity index (χ0n) is 16.8. The largest absolute Gasteiger partial charge is 0.386 e. The third kappa shape index (κ3) is 4.39. The van der Waals surface area contributed by atoms with E-state index in [1.165, 1.54) is 11.3 Å². The molecule has 7 nitrogen and oxygen atoms in total. The number of aliphatic hydroxyl groups is 1. The van der Waals surface area contributed by atoms with Gasteiger partial charge in [0.05, 0.1) is 5.60 Å². The summed E-state index contributed by atoms with van der Waals surface area (Å²) in [4.78, 5) is 27.2. The molecule has 3 heterocycles. The summed E-state index contributed by atoms with van der Waals surface area (Å²) in [5.74, 6) is 0.722. The van der Waals surface area contributed by atoms with Crippen LogP contribution in [0.2, 0.25) is 0 Å². The number of hydrogen-bond donors (Lipinski definition) is 2. The molecule has 152 valence electrons. The Bertz CT molecular complexity index is 1020. The Morgan fingerprint density at radius 2 is 1.76 bits per heavy atom. The smallest absolute Gasteiger partial charge is 0.257 e. The van der Waals surface area contributed by atoms with E-state index >= 15 is 0 Å². The Kier molecular flexibility index (Phi) is 5.24. The van der Waals surface area contributed by atoms with Crippen molar-refractivity contribution in [2.24, 2.45) is 0 Å². The number of nitrogens with one attached hydrogen (secondary N) is 1. The number of rotatable bonds is 4. The Hall–Kier alpha value is -2.55. The van der Waals surface area contributed by atoms with Crippen molar-refractivity contribution in [2.75, 3.05) is 43.4 Å². The van der Waals surface area contributed by atoms with Gasteiger partial charge in [-0.05, 0) is 50.7 Å². The average molecular weight is 412 g/mol. The highest BCUT2D eigenvalue weighted by Gasteiger charge is 2.18. The van der Waals surface area contributed by atoms with Crippen LogP contribution in [0.5, 0.6) is 0 Å². The number of benzene rings is 1. The van der Waals surface area contributed by atoms with Gasteiger partial charge < -0.3 is 14.9 Å². The molecule has 0 spiro atoms. The fourth-order valence-corrected chi connectivity index (χ4v) is 4.10. The second-order valence-corrected chi connectivity index (χ2v) is 8.87. The Morgan fingerprint density at radius 1 is 1.07 bits per heavy atom. The molecule has 1 aliphatic rings. The van der Waals surface area contributed by atoms with Crippen molar-refractivity contribution in [2.45, 2.75) is 19.4 Å². The summed E-state index contributed by atoms with van der Waals surface area (Å²) in [6.45, 7) is 7.39. The van der Waals surface area contributed by atoms with Crippen LogP contribution in [0.25, 0.3) is 10.3 Å². The highest BCUT2D eigenvalue weighted by atomic mass is 32.1. The quantitative estimate of drug-likeness (QED) is 0.687. The number of amides is 1. The number of fused-ring (bicyclic) bond motifs is 1. The minimum Gasteiger partial charge on any atom is -0.386 e. The second kappa shape index (κ2) is 7.70. The summed E-state index contributed by atoms with van der Waals surface area (Å²) in [6.07, 6.45) is 0. The van der Waals surface area contributed by atoms with E-state index in [2.05, 4.69) is 27.1 Å². The molecule has 2 N–H and O–H groups in total. The van der Waals surface area contributed by atoms with E-state index in [-0.39, 0.29) is 5.91 Å². The maximum atomic E-state index is 12.6. The van der Waals surface area contributed by atoms with Gasteiger partial charge in [-0.25, -0.2) is 9.97 Å². The van der Waals surface area contributed by atoms with Gasteiger partial charge in [-0.2, -0.15) is 0 Å². The lowest BCUT2D eigenvalue weighted by Gasteiger charge is -2.33. The molecule has 2 aromatic heterocycles. The summed E-state index contributed by atoms with van der Waals surface area (Å²) in [6, 6.07) is 10.9. The molecular formula is C21H25N5O2S. The van der Waals surface area contributed by atoms with E-state index in [1.54, 1.807) is 38.1 Å². The van der Waals surface area contributed by atoms with Gasteiger partial charge >= 0.3 is 0 Å². The van der Waals surface area contributed by atoms with Crippen molar-refractivity contribution in [3.63, 3.8) is 0 Å². The second-order valence-electron chi connectivity index (χ2n) is 7.89. The summed E-state index contributed by atoms with van der Waals surface area (Å²) in [5, 5.41) is 13.4. The molecule has 29 heavy (non-hydrogen) atoms. The molecule has 0 atom stereocenters. The zero-order chi connectivity index (χ0) is 20.6. The SMILES string of the molecule is CN1CCN(c2ccc3nc(NC(=O)c4ccc(C(C)(C)O)cc4)sc3n2)CC1. The van der Waals surface area contributed by atoms with Crippen molar-refractivity contribution >= 4 is 38.5 Å². The average Bonchev–Trinajstić information content (AvgIpc) is 3.09. The van der Waals surface area contributed by atoms with Gasteiger partial charge in [0, 0.05) is 31.7 Å². The van der Waals surface area contributed by atoms with Crippen LogP contribution in [-0.4, -0.2) is 59.1 Å². The lowest BCUT2D eigenvalue weighted by Crippen LogP contribution is -2.44. The number of hydrogen-bond acceptors (Lipinski definition) is 7. The number of nitrogens with zero attached hydrogens (tertiary/aromatic N) is 4. The first kappa shape index (κ1) is 19.8. The molecule has 0 radical (unpaired) electrons. The summed E-state index contributed by atoms with van der Waals surface area (Å²) >= 11 is 1.38. The van der Waals surface area contributed by atoms with Crippen LogP contribution in [0, 0.1) is 0 Å². The zero-order valence-corrected chi connectivity index (χ0v) is 17.7. The molecule has 0 bridgehead atoms. The third-order valence-corrected chi connectivity index (χ3v) is 6.02. The summed E-state index contributed by atoms with van der Waals surface area (Å²) in [7, 11) is 2.13. The van der Waals surface area contributed by atoms with Crippen LogP contribution in [0.4, 0.5) is 10.9 Å². The molecule has 1 amide bonds. The summed E-state index contributed by atoms with van der Waals surface area (Å²) in [5.41, 5.74) is 1.12. The molecule has 1 saturated heterocycles. The van der Waals surface area contributed by atoms with Crippen molar-refractivity contribution in [1.82, 2.24) is 14.9 Å². The van der Waals surface area contributed by atoms with E-state index in [4.69, 9.17) is 4.98 Å². The van der Waals surface area contributed by atoms with Crippen LogP contribution in [-0.2, 0) is 5.60 Å². The normalized spacial score (nSPS) is 15.7. The van der Waals surface area contributed by atoms with E-state index in [9.17, 15) is 9.90 Å². The van der Waals surface area contributed by atoms with Gasteiger partial charge in [0.25, 0.3) is 5.91 Å². The highest BCUT2D eigenvalue weighted by Crippen LogP contribution is 2.27. The van der Waals surface area contributed by atoms with Crippen LogP contribution in [0.3, 0.4) is 0 Å². The number of piperazine rings is 1. The molecule has 1 fully saturated rings. The summed E-state index contributed by atoms with van der Waals surface area (Å²) < 4.78 is 0. The van der Waals surface area contributed by atoms with E-state index in [0.29, 0.717) is 10.7 Å². The Labute approximate surface area is 174 Å². The first-order chi connectivity index (χ1) is 13.8. The van der Waals surface area contributed by atoms with Crippen LogP contribution < -0.4 is 10.2 Å². The number of carbonyl (C=O) groups excluding carboxylic acids is 1. The van der Waals surface area contributed by atoms with Crippen LogP contribution >= 0.6 is 11.3 Å². The number of carbonyl (C=O) groups is 1. The molecule has 0 aliphatic carbocycles. The first-order valence-electron chi connectivity index (χ1n) is 9.65. The topological polar surface area (TPSA) is 81.6 Å². The van der Waals surface area contributed by atoms with E-state index < -0.39 is 5.60 Å². The third-order valence-electron chi connectivity index (χ3n) is 5.14. The number of aromatic nitrogens is 2. The lowest BCUT2D eigenvalue weighted by molar-refractivity contribution is 0.0785. The van der Waals surface area contributed by atoms with Crippen LogP contribution in [0.1, 0.15) is 29.8 Å². The van der Waals surface area contributed by atoms with Gasteiger partial charge in [-0.15, -0.1) is 0 Å². The molecular weight excluding hydrogens is 386 g/mol. The monoisotopic (exact) mass is 411 g/mol. The maximum absolute atomic E-state index is 12.6. The number of pyridine rings is 1. The fraction of sp³-hybridized carbons (Fsp3) is 0.381. The van der Waals surface area contributed by atoms with Gasteiger partial charge in [0.2, 0.25) is 0 Å². The number of anilines is 2. The highest BCUT2D eigenvalue weighted by molar-refractivity contribution is 7.22. The standard InChI is InChI=1S/C21H25N5O2S/c1-21(2,28)15-6-4-14(5-7-15)18(27)24-20-22-16-8-9-17(23-19(16)29-20)26-12-10-25(3)11-13-26/h4-9,28H,10-13H2,1-3H3,(H,22,24,27). The van der Waals surface area contributed by atoms with Crippen molar-refractivity contribution in [3.8, 4) is 0 Å². The Balaban J connectivity index is 1.49. The van der Waals surface area contributed by atoms with Gasteiger partial charge in [0.15, 0.2) is 5.13 Å². The molecule has 0 saturated carbocycles. The van der Waals surface area contributed by atoms with Crippen LogP contribution in [0.15, 0.2) is 36.4 Å². The van der Waals surface area contributed by atoms with Gasteiger partial charge in [-0.3, -0.25) is 10.1 Å². The predicted octanol–water partition coefficient (Wildman–Crippen LogP) is 2.92. The predicted molar refractivity (Wildman–Crippen MR) is 117 cm³/mol. The molecule has 1 aliphatic heterocycles. The van der Waals surface area contributed by atoms with E-state index in [1.807, 2.05) is 12.1 Å². The number of likely N-dealkylation sites (N-methyl/N-ethyl adjacent to an activating group) is 1. The molecule has 0 unspecified atom stereocenters. The number of thiazole rings is 1. The maximum Gasteiger partial charge on any atom is 0.257 e. The van der Waals surface area contributed by atoms with Gasteiger partial charge in [0.1, 0.15) is 16.2 Å². The minimum absolute atomic E-state index is 0.231. The fourth-order valence-electron chi connectivity index (χ4n) is 3.27. The minimum atomic E-state index is -0.935. The van der Waals surface area contributed by atoms with Crippen molar-refractivity contribution in [1.29, 1.82) is 0 Å². The molecule has 4 rings (SSSR count). The van der Waals surface area contributed by atoms with Crippen molar-refractivity contribution in [3.05, 3.63) is 47.5 Å². The van der Waals surface area contributed by atoms with E-state index in [0.717, 1.165) is 47.9 Å².